The third kappa shape index (κ3) is 4.57. The van der Waals surface area contributed by atoms with Crippen molar-refractivity contribution in [1.82, 2.24) is 5.32 Å². The van der Waals surface area contributed by atoms with Gasteiger partial charge in [0.15, 0.2) is 6.10 Å². The lowest BCUT2D eigenvalue weighted by Gasteiger charge is -2.16. The number of nitrogens with one attached hydrogen (secondary N) is 1. The molecule has 1 atom stereocenters. The van der Waals surface area contributed by atoms with Gasteiger partial charge in [-0.25, -0.2) is 4.79 Å². The average molecular weight is 313 g/mol. The molecule has 2 aromatic carbocycles. The second-order valence-corrected chi connectivity index (χ2v) is 5.02. The van der Waals surface area contributed by atoms with Crippen molar-refractivity contribution >= 4 is 11.9 Å². The molecule has 0 aromatic heterocycles. The maximum absolute atomic E-state index is 12.1. The normalized spacial score (nSPS) is 11.5. The van der Waals surface area contributed by atoms with Gasteiger partial charge in [0.05, 0.1) is 0 Å². The van der Waals surface area contributed by atoms with Crippen molar-refractivity contribution < 1.29 is 19.4 Å². The monoisotopic (exact) mass is 313 g/mol. The minimum atomic E-state index is -0.897. The maximum atomic E-state index is 12.1. The summed E-state index contributed by atoms with van der Waals surface area (Å²) in [6.07, 6.45) is -0.550. The molecule has 0 radical (unpaired) electrons. The molecule has 2 rings (SSSR count). The molecule has 0 aliphatic carbocycles. The summed E-state index contributed by atoms with van der Waals surface area (Å²) in [5.74, 6) is -1.25. The number of benzene rings is 2. The molecule has 5 heteroatoms. The second-order valence-electron chi connectivity index (χ2n) is 5.02. The second kappa shape index (κ2) is 7.98. The Kier molecular flexibility index (Phi) is 5.74. The largest absolute Gasteiger partial charge is 0.507 e. The fraction of sp³-hybridized carbons (Fsp3) is 0.222. The number of hydrogen-bond acceptors (Lipinski definition) is 4. The van der Waals surface area contributed by atoms with E-state index in [1.165, 1.54) is 12.1 Å². The highest BCUT2D eigenvalue weighted by atomic mass is 16.5. The number of rotatable bonds is 6. The number of para-hydroxylation sites is 1. The fourth-order valence-electron chi connectivity index (χ4n) is 2.06. The molecular weight excluding hydrogens is 294 g/mol. The Morgan fingerprint density at radius 2 is 1.74 bits per heavy atom. The zero-order valence-corrected chi connectivity index (χ0v) is 12.9. The first kappa shape index (κ1) is 16.5. The van der Waals surface area contributed by atoms with Crippen molar-refractivity contribution in [2.45, 2.75) is 26.0 Å². The molecule has 0 aliphatic rings. The number of carbonyl (C=O) groups is 2. The van der Waals surface area contributed by atoms with Gasteiger partial charge in [-0.2, -0.15) is 0 Å². The Labute approximate surface area is 134 Å². The third-order valence-corrected chi connectivity index (χ3v) is 3.35. The zero-order valence-electron chi connectivity index (χ0n) is 12.9. The van der Waals surface area contributed by atoms with Crippen LogP contribution < -0.4 is 5.32 Å². The lowest BCUT2D eigenvalue weighted by Crippen LogP contribution is -2.37. The molecule has 0 bridgehead atoms. The molecule has 120 valence electrons. The molecule has 2 aromatic rings. The topological polar surface area (TPSA) is 75.6 Å². The van der Waals surface area contributed by atoms with Gasteiger partial charge in [-0.3, -0.25) is 4.79 Å². The first-order valence-electron chi connectivity index (χ1n) is 7.42. The molecule has 0 unspecified atom stereocenters. The minimum Gasteiger partial charge on any atom is -0.507 e. The van der Waals surface area contributed by atoms with Crippen LogP contribution in [0.15, 0.2) is 54.6 Å². The number of phenolic OH excluding ortho intramolecular Hbond substituents is 1. The van der Waals surface area contributed by atoms with E-state index < -0.39 is 12.1 Å². The molecule has 5 nitrogen and oxygen atoms in total. The highest BCUT2D eigenvalue weighted by Gasteiger charge is 2.23. The van der Waals surface area contributed by atoms with Gasteiger partial charge in [0, 0.05) is 6.54 Å². The third-order valence-electron chi connectivity index (χ3n) is 3.35. The number of hydrogen-bond donors (Lipinski definition) is 2. The van der Waals surface area contributed by atoms with Crippen LogP contribution in [0, 0.1) is 0 Å². The summed E-state index contributed by atoms with van der Waals surface area (Å²) < 4.78 is 5.21. The van der Waals surface area contributed by atoms with E-state index in [1.54, 1.807) is 19.1 Å². The van der Waals surface area contributed by atoms with Crippen LogP contribution in [-0.4, -0.2) is 23.1 Å². The number of amides is 1. The number of carbonyl (C=O) groups excluding carboxylic acids is 2. The van der Waals surface area contributed by atoms with Gasteiger partial charge in [-0.15, -0.1) is 0 Å². The predicted molar refractivity (Wildman–Crippen MR) is 85.9 cm³/mol. The molecule has 0 heterocycles. The summed E-state index contributed by atoms with van der Waals surface area (Å²) in [7, 11) is 0. The first-order chi connectivity index (χ1) is 11.1. The van der Waals surface area contributed by atoms with Crippen LogP contribution in [0.25, 0.3) is 0 Å². The number of esters is 1. The van der Waals surface area contributed by atoms with Crippen LogP contribution in [0.5, 0.6) is 5.75 Å². The zero-order chi connectivity index (χ0) is 16.7. The minimum absolute atomic E-state index is 0.0433. The Hall–Kier alpha value is -2.82. The number of aromatic hydroxyl groups is 1. The van der Waals surface area contributed by atoms with Crippen LogP contribution in [0.4, 0.5) is 0 Å². The Bertz CT molecular complexity index is 670. The van der Waals surface area contributed by atoms with Gasteiger partial charge in [0.1, 0.15) is 11.3 Å². The molecule has 0 fully saturated rings. The van der Waals surface area contributed by atoms with E-state index in [-0.39, 0.29) is 17.2 Å². The van der Waals surface area contributed by atoms with E-state index in [1.807, 2.05) is 30.3 Å². The van der Waals surface area contributed by atoms with Gasteiger partial charge in [0.2, 0.25) is 0 Å². The smallest absolute Gasteiger partial charge is 0.342 e. The van der Waals surface area contributed by atoms with Gasteiger partial charge in [0.25, 0.3) is 5.91 Å². The molecule has 0 saturated heterocycles. The molecule has 0 saturated carbocycles. The van der Waals surface area contributed by atoms with Crippen LogP contribution in [0.3, 0.4) is 0 Å². The van der Waals surface area contributed by atoms with Crippen molar-refractivity contribution in [3.05, 3.63) is 65.7 Å². The molecular formula is C18H19NO4. The summed E-state index contributed by atoms with van der Waals surface area (Å²) in [6.45, 7) is 2.12. The molecule has 2 N–H and O–H groups in total. The van der Waals surface area contributed by atoms with Crippen LogP contribution >= 0.6 is 0 Å². The molecule has 0 aliphatic heterocycles. The molecule has 23 heavy (non-hydrogen) atoms. The summed E-state index contributed by atoms with van der Waals surface area (Å²) in [6, 6.07) is 15.5. The van der Waals surface area contributed by atoms with Crippen LogP contribution in [0.2, 0.25) is 0 Å². The number of phenols is 1. The van der Waals surface area contributed by atoms with Gasteiger partial charge < -0.3 is 15.2 Å². The standard InChI is InChI=1S/C18H19NO4/c1-2-16(17(21)19-12-13-8-4-3-5-9-13)23-18(22)14-10-6-7-11-15(14)20/h3-11,16,20H,2,12H2,1H3,(H,19,21)/t16-/m0/s1. The summed E-state index contributed by atoms with van der Waals surface area (Å²) in [5.41, 5.74) is 1.00. The van der Waals surface area contributed by atoms with E-state index in [9.17, 15) is 14.7 Å². The van der Waals surface area contributed by atoms with E-state index in [4.69, 9.17) is 4.74 Å². The Morgan fingerprint density at radius 1 is 1.09 bits per heavy atom. The van der Waals surface area contributed by atoms with Crippen molar-refractivity contribution in [3.63, 3.8) is 0 Å². The van der Waals surface area contributed by atoms with Crippen molar-refractivity contribution in [1.29, 1.82) is 0 Å². The van der Waals surface area contributed by atoms with Gasteiger partial charge in [-0.05, 0) is 24.1 Å². The average Bonchev–Trinajstić information content (AvgIpc) is 2.58. The first-order valence-corrected chi connectivity index (χ1v) is 7.42. The van der Waals surface area contributed by atoms with Crippen molar-refractivity contribution in [2.75, 3.05) is 0 Å². The van der Waals surface area contributed by atoms with Crippen molar-refractivity contribution in [2.24, 2.45) is 0 Å². The fourth-order valence-corrected chi connectivity index (χ4v) is 2.06. The Morgan fingerprint density at radius 3 is 2.39 bits per heavy atom. The summed E-state index contributed by atoms with van der Waals surface area (Å²) in [5, 5.41) is 12.4. The summed E-state index contributed by atoms with van der Waals surface area (Å²) >= 11 is 0. The predicted octanol–water partition coefficient (Wildman–Crippen LogP) is 2.64. The molecule has 1 amide bonds. The quantitative estimate of drug-likeness (QED) is 0.804. The van der Waals surface area contributed by atoms with Crippen LogP contribution in [-0.2, 0) is 16.1 Å². The lowest BCUT2D eigenvalue weighted by molar-refractivity contribution is -0.130. The lowest BCUT2D eigenvalue weighted by atomic mass is 10.2. The van der Waals surface area contributed by atoms with Gasteiger partial charge in [-0.1, -0.05) is 49.4 Å². The van der Waals surface area contributed by atoms with E-state index >= 15 is 0 Å². The SMILES string of the molecule is CC[C@H](OC(=O)c1ccccc1O)C(=O)NCc1ccccc1. The highest BCUT2D eigenvalue weighted by Crippen LogP contribution is 2.17. The summed E-state index contributed by atoms with van der Waals surface area (Å²) in [4.78, 5) is 24.2. The maximum Gasteiger partial charge on any atom is 0.342 e. The molecule has 0 spiro atoms. The van der Waals surface area contributed by atoms with E-state index in [0.717, 1.165) is 5.56 Å². The van der Waals surface area contributed by atoms with Crippen LogP contribution in [0.1, 0.15) is 29.3 Å². The number of ether oxygens (including phenoxy) is 1. The van der Waals surface area contributed by atoms with Crippen molar-refractivity contribution in [3.8, 4) is 5.75 Å². The van der Waals surface area contributed by atoms with Gasteiger partial charge >= 0.3 is 5.97 Å². The van der Waals surface area contributed by atoms with E-state index in [0.29, 0.717) is 13.0 Å². The van der Waals surface area contributed by atoms with E-state index in [2.05, 4.69) is 5.32 Å². The Balaban J connectivity index is 1.95. The highest BCUT2D eigenvalue weighted by molar-refractivity contribution is 5.94.